The van der Waals surface area contributed by atoms with E-state index in [2.05, 4.69) is 47.4 Å². The molecule has 0 aromatic carbocycles. The summed E-state index contributed by atoms with van der Waals surface area (Å²) >= 11 is 0. The van der Waals surface area contributed by atoms with Crippen molar-refractivity contribution < 1.29 is 4.42 Å². The van der Waals surface area contributed by atoms with E-state index in [0.717, 1.165) is 44.0 Å². The second-order valence-electron chi connectivity index (χ2n) is 5.10. The lowest BCUT2D eigenvalue weighted by Crippen LogP contribution is -2.19. The number of furan rings is 1. The van der Waals surface area contributed by atoms with Crippen molar-refractivity contribution in [3.63, 3.8) is 0 Å². The topological polar surface area (TPSA) is 41.3 Å². The van der Waals surface area contributed by atoms with Crippen LogP contribution in [0.15, 0.2) is 41.2 Å². The van der Waals surface area contributed by atoms with Crippen LogP contribution < -0.4 is 5.32 Å². The minimum Gasteiger partial charge on any atom is -0.472 e. The molecule has 0 atom stereocenters. The minimum atomic E-state index is 0.840. The zero-order chi connectivity index (χ0) is 14.2. The van der Waals surface area contributed by atoms with Gasteiger partial charge in [0.15, 0.2) is 0 Å². The molecule has 0 fully saturated rings. The third-order valence-electron chi connectivity index (χ3n) is 3.06. The van der Waals surface area contributed by atoms with E-state index in [1.807, 2.05) is 6.07 Å². The van der Waals surface area contributed by atoms with E-state index in [-0.39, 0.29) is 0 Å². The normalized spacial score (nSPS) is 11.2. The number of rotatable bonds is 8. The van der Waals surface area contributed by atoms with Gasteiger partial charge in [-0.15, -0.1) is 0 Å². The first kappa shape index (κ1) is 14.8. The third kappa shape index (κ3) is 4.79. The fourth-order valence-corrected chi connectivity index (χ4v) is 2.14. The number of nitrogens with one attached hydrogen (secondary N) is 1. The summed E-state index contributed by atoms with van der Waals surface area (Å²) in [6, 6.07) is 8.23. The molecule has 0 radical (unpaired) electrons. The van der Waals surface area contributed by atoms with E-state index < -0.39 is 0 Å². The lowest BCUT2D eigenvalue weighted by molar-refractivity contribution is 0.313. The Balaban J connectivity index is 1.86. The smallest absolute Gasteiger partial charge is 0.0947 e. The number of hydrogen-bond acceptors (Lipinski definition) is 4. The Morgan fingerprint density at radius 1 is 1.20 bits per heavy atom. The number of pyridine rings is 1. The molecule has 108 valence electrons. The molecule has 1 N–H and O–H groups in total. The third-order valence-corrected chi connectivity index (χ3v) is 3.06. The van der Waals surface area contributed by atoms with E-state index in [4.69, 9.17) is 4.42 Å². The second kappa shape index (κ2) is 7.82. The molecule has 2 aromatic rings. The highest BCUT2D eigenvalue weighted by atomic mass is 16.3. The van der Waals surface area contributed by atoms with Gasteiger partial charge in [0.2, 0.25) is 0 Å². The predicted octanol–water partition coefficient (Wildman–Crippen LogP) is 2.81. The highest BCUT2D eigenvalue weighted by Crippen LogP contribution is 2.08. The van der Waals surface area contributed by atoms with Crippen LogP contribution in [0.4, 0.5) is 0 Å². The monoisotopic (exact) mass is 273 g/mol. The predicted molar refractivity (Wildman–Crippen MR) is 80.1 cm³/mol. The van der Waals surface area contributed by atoms with Gasteiger partial charge in [-0.25, -0.2) is 0 Å². The van der Waals surface area contributed by atoms with Gasteiger partial charge in [-0.05, 0) is 38.2 Å². The molecule has 0 aliphatic rings. The van der Waals surface area contributed by atoms with Crippen LogP contribution in [0.25, 0.3) is 0 Å². The van der Waals surface area contributed by atoms with E-state index in [9.17, 15) is 0 Å². The molecule has 0 aliphatic heterocycles. The van der Waals surface area contributed by atoms with Crippen LogP contribution >= 0.6 is 0 Å². The first-order valence-corrected chi connectivity index (χ1v) is 7.13. The summed E-state index contributed by atoms with van der Waals surface area (Å²) < 4.78 is 5.09. The van der Waals surface area contributed by atoms with Gasteiger partial charge in [-0.2, -0.15) is 0 Å². The zero-order valence-electron chi connectivity index (χ0n) is 12.3. The van der Waals surface area contributed by atoms with E-state index in [1.165, 1.54) is 5.56 Å². The van der Waals surface area contributed by atoms with Gasteiger partial charge in [0.1, 0.15) is 0 Å². The maximum absolute atomic E-state index is 5.09. The Hall–Kier alpha value is -1.65. The SMILES string of the molecule is CCCNCc1cccc(CN(C)Cc2ccoc2)n1. The molecule has 2 heterocycles. The quantitative estimate of drug-likeness (QED) is 0.751. The van der Waals surface area contributed by atoms with Crippen molar-refractivity contribution in [1.29, 1.82) is 0 Å². The van der Waals surface area contributed by atoms with Gasteiger partial charge in [-0.1, -0.05) is 13.0 Å². The van der Waals surface area contributed by atoms with E-state index >= 15 is 0 Å². The van der Waals surface area contributed by atoms with Crippen LogP contribution in [0.3, 0.4) is 0 Å². The van der Waals surface area contributed by atoms with Gasteiger partial charge >= 0.3 is 0 Å². The minimum absolute atomic E-state index is 0.840. The van der Waals surface area contributed by atoms with Crippen LogP contribution in [-0.2, 0) is 19.6 Å². The average Bonchev–Trinajstić information content (AvgIpc) is 2.92. The first-order valence-electron chi connectivity index (χ1n) is 7.13. The molecule has 0 saturated carbocycles. The summed E-state index contributed by atoms with van der Waals surface area (Å²) in [5.41, 5.74) is 3.40. The summed E-state index contributed by atoms with van der Waals surface area (Å²) in [7, 11) is 2.09. The highest BCUT2D eigenvalue weighted by Gasteiger charge is 2.04. The van der Waals surface area contributed by atoms with E-state index in [0.29, 0.717) is 0 Å². The molecule has 4 heteroatoms. The molecule has 4 nitrogen and oxygen atoms in total. The Labute approximate surface area is 120 Å². The standard InChI is InChI=1S/C16H23N3O/c1-3-8-17-10-15-5-4-6-16(18-15)12-19(2)11-14-7-9-20-13-14/h4-7,9,13,17H,3,8,10-12H2,1-2H3. The summed E-state index contributed by atoms with van der Waals surface area (Å²) in [6.07, 6.45) is 4.64. The van der Waals surface area contributed by atoms with Crippen molar-refractivity contribution in [2.75, 3.05) is 13.6 Å². The van der Waals surface area contributed by atoms with Crippen molar-refractivity contribution in [3.8, 4) is 0 Å². The average molecular weight is 273 g/mol. The van der Waals surface area contributed by atoms with Crippen molar-refractivity contribution in [2.45, 2.75) is 33.0 Å². The molecular formula is C16H23N3O. The van der Waals surface area contributed by atoms with Crippen molar-refractivity contribution in [3.05, 3.63) is 53.7 Å². The molecule has 2 aromatic heterocycles. The zero-order valence-corrected chi connectivity index (χ0v) is 12.3. The van der Waals surface area contributed by atoms with Crippen LogP contribution in [-0.4, -0.2) is 23.5 Å². The molecule has 0 aliphatic carbocycles. The Morgan fingerprint density at radius 2 is 2.05 bits per heavy atom. The molecule has 0 unspecified atom stereocenters. The molecule has 0 saturated heterocycles. The van der Waals surface area contributed by atoms with Crippen LogP contribution in [0, 0.1) is 0 Å². The van der Waals surface area contributed by atoms with Gasteiger partial charge in [0, 0.05) is 25.2 Å². The molecule has 2 rings (SSSR count). The molecule has 0 bridgehead atoms. The highest BCUT2D eigenvalue weighted by molar-refractivity contribution is 5.12. The lowest BCUT2D eigenvalue weighted by atomic mass is 10.2. The molecular weight excluding hydrogens is 250 g/mol. The van der Waals surface area contributed by atoms with Gasteiger partial charge in [0.25, 0.3) is 0 Å². The Kier molecular flexibility index (Phi) is 5.77. The fourth-order valence-electron chi connectivity index (χ4n) is 2.14. The summed E-state index contributed by atoms with van der Waals surface area (Å²) in [5, 5.41) is 3.38. The number of hydrogen-bond donors (Lipinski definition) is 1. The van der Waals surface area contributed by atoms with Gasteiger partial charge < -0.3 is 9.73 Å². The number of aromatic nitrogens is 1. The van der Waals surface area contributed by atoms with Crippen molar-refractivity contribution >= 4 is 0 Å². The fraction of sp³-hybridized carbons (Fsp3) is 0.438. The summed E-state index contributed by atoms with van der Waals surface area (Å²) in [5.74, 6) is 0. The summed E-state index contributed by atoms with van der Waals surface area (Å²) in [6.45, 7) is 5.75. The lowest BCUT2D eigenvalue weighted by Gasteiger charge is -2.15. The number of nitrogens with zero attached hydrogens (tertiary/aromatic N) is 2. The molecule has 0 amide bonds. The molecule has 0 spiro atoms. The van der Waals surface area contributed by atoms with Crippen LogP contribution in [0.1, 0.15) is 30.3 Å². The van der Waals surface area contributed by atoms with Gasteiger partial charge in [0.05, 0.1) is 23.9 Å². The van der Waals surface area contributed by atoms with E-state index in [1.54, 1.807) is 12.5 Å². The Morgan fingerprint density at radius 3 is 2.80 bits per heavy atom. The van der Waals surface area contributed by atoms with Crippen LogP contribution in [0.5, 0.6) is 0 Å². The van der Waals surface area contributed by atoms with Crippen LogP contribution in [0.2, 0.25) is 0 Å². The van der Waals surface area contributed by atoms with Gasteiger partial charge in [-0.3, -0.25) is 9.88 Å². The first-order chi connectivity index (χ1) is 9.78. The Bertz CT molecular complexity index is 496. The summed E-state index contributed by atoms with van der Waals surface area (Å²) in [4.78, 5) is 6.92. The maximum atomic E-state index is 5.09. The van der Waals surface area contributed by atoms with Crippen molar-refractivity contribution in [1.82, 2.24) is 15.2 Å². The maximum Gasteiger partial charge on any atom is 0.0947 e. The largest absolute Gasteiger partial charge is 0.472 e. The second-order valence-corrected chi connectivity index (χ2v) is 5.10. The molecule has 20 heavy (non-hydrogen) atoms. The van der Waals surface area contributed by atoms with Crippen molar-refractivity contribution in [2.24, 2.45) is 0 Å².